The minimum absolute atomic E-state index is 0.458. The molecule has 1 rings (SSSR count). The third-order valence-corrected chi connectivity index (χ3v) is 3.34. The van der Waals surface area contributed by atoms with Crippen molar-refractivity contribution in [2.45, 2.75) is 39.4 Å². The number of rotatable bonds is 1. The Labute approximate surface area is 59.4 Å². The van der Waals surface area contributed by atoms with Gasteiger partial charge in [0.15, 0.2) is 0 Å². The molecule has 50 valence electrons. The second-order valence-corrected chi connectivity index (χ2v) is 3.60. The molecule has 0 aliphatic heterocycles. The molecule has 0 bridgehead atoms. The molecule has 1 fully saturated rings. The quantitative estimate of drug-likeness (QED) is 0.468. The van der Waals surface area contributed by atoms with E-state index in [9.17, 15) is 0 Å². The van der Waals surface area contributed by atoms with Crippen LogP contribution in [-0.2, 0) is 0 Å². The molecule has 0 spiro atoms. The lowest BCUT2D eigenvalue weighted by Gasteiger charge is -2.52. The van der Waals surface area contributed by atoms with Crippen LogP contribution in [0.5, 0.6) is 0 Å². The zero-order valence-corrected chi connectivity index (χ0v) is 6.65. The first-order chi connectivity index (χ1) is 4.11. The van der Waals surface area contributed by atoms with Crippen molar-refractivity contribution in [1.29, 1.82) is 0 Å². The first-order valence-electron chi connectivity index (χ1n) is 3.87. The molecule has 1 aliphatic carbocycles. The van der Waals surface area contributed by atoms with Crippen molar-refractivity contribution >= 4 is 7.85 Å². The Balaban J connectivity index is 2.55. The molecule has 0 nitrogen and oxygen atoms in total. The lowest BCUT2D eigenvalue weighted by Crippen LogP contribution is -2.41. The molecule has 1 aliphatic rings. The molecule has 1 heteroatoms. The summed E-state index contributed by atoms with van der Waals surface area (Å²) in [5, 5.41) is 0. The highest BCUT2D eigenvalue weighted by molar-refractivity contribution is 6.12. The van der Waals surface area contributed by atoms with Gasteiger partial charge in [-0.15, -0.1) is 0 Å². The van der Waals surface area contributed by atoms with E-state index < -0.39 is 0 Å². The summed E-state index contributed by atoms with van der Waals surface area (Å²) in [4.78, 5) is 0. The van der Waals surface area contributed by atoms with Gasteiger partial charge in [-0.1, -0.05) is 39.4 Å². The van der Waals surface area contributed by atoms with E-state index in [1.807, 2.05) is 0 Å². The summed E-state index contributed by atoms with van der Waals surface area (Å²) in [6, 6.07) is 0. The van der Waals surface area contributed by atoms with Crippen molar-refractivity contribution in [3.63, 3.8) is 0 Å². The SMILES string of the molecule is [B]C1CC(C)C1(C)CC. The van der Waals surface area contributed by atoms with Gasteiger partial charge in [-0.05, 0) is 11.3 Å². The van der Waals surface area contributed by atoms with Crippen molar-refractivity contribution in [3.05, 3.63) is 0 Å². The predicted molar refractivity (Wildman–Crippen MR) is 41.7 cm³/mol. The molecule has 2 radical (unpaired) electrons. The first-order valence-corrected chi connectivity index (χ1v) is 3.87. The van der Waals surface area contributed by atoms with Crippen LogP contribution in [0.4, 0.5) is 0 Å². The van der Waals surface area contributed by atoms with Gasteiger partial charge in [0.05, 0.1) is 7.85 Å². The van der Waals surface area contributed by atoms with Crippen molar-refractivity contribution in [3.8, 4) is 0 Å². The van der Waals surface area contributed by atoms with Gasteiger partial charge in [0, 0.05) is 0 Å². The molecule has 0 aromatic heterocycles. The fourth-order valence-corrected chi connectivity index (χ4v) is 1.73. The van der Waals surface area contributed by atoms with Gasteiger partial charge in [0.25, 0.3) is 0 Å². The van der Waals surface area contributed by atoms with E-state index in [1.165, 1.54) is 12.8 Å². The molecule has 1 saturated carbocycles. The topological polar surface area (TPSA) is 0 Å². The van der Waals surface area contributed by atoms with Gasteiger partial charge in [-0.2, -0.15) is 0 Å². The van der Waals surface area contributed by atoms with Gasteiger partial charge in [-0.3, -0.25) is 0 Å². The van der Waals surface area contributed by atoms with Crippen LogP contribution in [0.25, 0.3) is 0 Å². The molecule has 3 atom stereocenters. The molecule has 0 heterocycles. The normalized spacial score (nSPS) is 50.6. The molecular weight excluding hydrogens is 107 g/mol. The Hall–Kier alpha value is 0.0649. The summed E-state index contributed by atoms with van der Waals surface area (Å²) in [6.07, 6.45) is 2.46. The maximum atomic E-state index is 5.86. The van der Waals surface area contributed by atoms with E-state index >= 15 is 0 Å². The average Bonchev–Trinajstić information content (AvgIpc) is 1.87. The summed E-state index contributed by atoms with van der Waals surface area (Å²) in [6.45, 7) is 6.83. The molecular formula is C8H15B. The third kappa shape index (κ3) is 0.816. The summed E-state index contributed by atoms with van der Waals surface area (Å²) in [5.74, 6) is 1.31. The Kier molecular flexibility index (Phi) is 1.62. The van der Waals surface area contributed by atoms with Crippen LogP contribution < -0.4 is 0 Å². The van der Waals surface area contributed by atoms with Crippen LogP contribution in [0, 0.1) is 11.3 Å². The highest BCUT2D eigenvalue weighted by atomic mass is 14.5. The molecule has 0 aromatic rings. The summed E-state index contributed by atoms with van der Waals surface area (Å²) < 4.78 is 0. The van der Waals surface area contributed by atoms with Crippen LogP contribution in [0.15, 0.2) is 0 Å². The second-order valence-electron chi connectivity index (χ2n) is 3.60. The van der Waals surface area contributed by atoms with Gasteiger partial charge in [-0.25, -0.2) is 0 Å². The average molecular weight is 122 g/mol. The van der Waals surface area contributed by atoms with Crippen molar-refractivity contribution in [2.75, 3.05) is 0 Å². The zero-order valence-electron chi connectivity index (χ0n) is 6.65. The Morgan fingerprint density at radius 1 is 1.67 bits per heavy atom. The van der Waals surface area contributed by atoms with Crippen LogP contribution in [0.3, 0.4) is 0 Å². The lowest BCUT2D eigenvalue weighted by atomic mass is 9.46. The van der Waals surface area contributed by atoms with E-state index in [4.69, 9.17) is 7.85 Å². The van der Waals surface area contributed by atoms with Gasteiger partial charge in [0.1, 0.15) is 0 Å². The summed E-state index contributed by atoms with van der Waals surface area (Å²) >= 11 is 0. The van der Waals surface area contributed by atoms with E-state index in [1.54, 1.807) is 0 Å². The minimum atomic E-state index is 0.458. The molecule has 9 heavy (non-hydrogen) atoms. The molecule has 3 unspecified atom stereocenters. The van der Waals surface area contributed by atoms with E-state index in [-0.39, 0.29) is 0 Å². The Bertz CT molecular complexity index is 101. The second kappa shape index (κ2) is 2.03. The van der Waals surface area contributed by atoms with Crippen LogP contribution in [-0.4, -0.2) is 7.85 Å². The number of hydrogen-bond donors (Lipinski definition) is 0. The van der Waals surface area contributed by atoms with Crippen LogP contribution in [0.1, 0.15) is 33.6 Å². The predicted octanol–water partition coefficient (Wildman–Crippen LogP) is 2.40. The van der Waals surface area contributed by atoms with E-state index in [0.29, 0.717) is 11.2 Å². The van der Waals surface area contributed by atoms with E-state index in [0.717, 1.165) is 5.92 Å². The lowest BCUT2D eigenvalue weighted by molar-refractivity contribution is 0.0634. The first kappa shape index (κ1) is 7.18. The van der Waals surface area contributed by atoms with Gasteiger partial charge >= 0.3 is 0 Å². The van der Waals surface area contributed by atoms with Crippen LogP contribution >= 0.6 is 0 Å². The molecule has 0 saturated heterocycles. The maximum absolute atomic E-state index is 5.86. The third-order valence-electron chi connectivity index (χ3n) is 3.34. The van der Waals surface area contributed by atoms with E-state index in [2.05, 4.69) is 20.8 Å². The maximum Gasteiger partial charge on any atom is 0.0707 e. The van der Waals surface area contributed by atoms with Gasteiger partial charge in [0.2, 0.25) is 0 Å². The summed E-state index contributed by atoms with van der Waals surface area (Å²) in [7, 11) is 5.86. The van der Waals surface area contributed by atoms with Crippen LogP contribution in [0.2, 0.25) is 5.82 Å². The van der Waals surface area contributed by atoms with Crippen molar-refractivity contribution in [1.82, 2.24) is 0 Å². The molecule has 0 N–H and O–H groups in total. The van der Waals surface area contributed by atoms with Crippen molar-refractivity contribution < 1.29 is 0 Å². The monoisotopic (exact) mass is 122 g/mol. The zero-order chi connectivity index (χ0) is 7.07. The van der Waals surface area contributed by atoms with Crippen molar-refractivity contribution in [2.24, 2.45) is 11.3 Å². The van der Waals surface area contributed by atoms with Gasteiger partial charge < -0.3 is 0 Å². The smallest absolute Gasteiger partial charge is 0.0707 e. The largest absolute Gasteiger partial charge is 0.0716 e. The Morgan fingerprint density at radius 2 is 2.22 bits per heavy atom. The Morgan fingerprint density at radius 3 is 2.33 bits per heavy atom. The highest BCUT2D eigenvalue weighted by Gasteiger charge is 2.43. The fourth-order valence-electron chi connectivity index (χ4n) is 1.73. The standard InChI is InChI=1S/C8H15B/c1-4-8(3)6(2)5-7(8)9/h6-7H,4-5H2,1-3H3. The minimum Gasteiger partial charge on any atom is -0.0716 e. The molecule has 0 aromatic carbocycles. The molecule has 0 amide bonds. The summed E-state index contributed by atoms with van der Waals surface area (Å²) in [5.41, 5.74) is 0.458. The fraction of sp³-hybridized carbons (Fsp3) is 1.00. The highest BCUT2D eigenvalue weighted by Crippen LogP contribution is 2.55. The number of hydrogen-bond acceptors (Lipinski definition) is 0.